The van der Waals surface area contributed by atoms with E-state index in [1.807, 2.05) is 13.8 Å². The van der Waals surface area contributed by atoms with E-state index in [0.717, 1.165) is 0 Å². The maximum atomic E-state index is 14.1. The van der Waals surface area contributed by atoms with Crippen LogP contribution in [0.1, 0.15) is 25.5 Å². The summed E-state index contributed by atoms with van der Waals surface area (Å²) in [4.78, 5) is 25.1. The fourth-order valence-corrected chi connectivity index (χ4v) is 2.55. The molecule has 3 amide bonds. The number of benzene rings is 1. The third kappa shape index (κ3) is 3.88. The highest BCUT2D eigenvalue weighted by atomic mass is 35.5. The van der Waals surface area contributed by atoms with Crippen LogP contribution in [0.4, 0.5) is 9.18 Å². The van der Waals surface area contributed by atoms with Crippen LogP contribution in [0.5, 0.6) is 0 Å². The van der Waals surface area contributed by atoms with E-state index in [9.17, 15) is 14.0 Å². The second-order valence-corrected chi connectivity index (χ2v) is 6.04. The number of nitrogens with one attached hydrogen (secondary N) is 2. The topological polar surface area (TPSA) is 61.4 Å². The molecule has 1 atom stereocenters. The molecule has 0 saturated carbocycles. The van der Waals surface area contributed by atoms with Crippen molar-refractivity contribution in [3.63, 3.8) is 0 Å². The summed E-state index contributed by atoms with van der Waals surface area (Å²) in [5.41, 5.74) is 0.384. The molecular weight excluding hydrogens is 309 g/mol. The lowest BCUT2D eigenvalue weighted by molar-refractivity contribution is -0.123. The Balaban J connectivity index is 2.15. The van der Waals surface area contributed by atoms with Crippen molar-refractivity contribution < 1.29 is 14.0 Å². The van der Waals surface area contributed by atoms with Gasteiger partial charge in [0.05, 0.1) is 6.04 Å². The van der Waals surface area contributed by atoms with Gasteiger partial charge >= 0.3 is 6.03 Å². The fraction of sp³-hybridized carbons (Fsp3) is 0.467. The van der Waals surface area contributed by atoms with E-state index in [2.05, 4.69) is 10.6 Å². The van der Waals surface area contributed by atoms with Gasteiger partial charge < -0.3 is 15.5 Å². The monoisotopic (exact) mass is 327 g/mol. The predicted molar refractivity (Wildman–Crippen MR) is 82.1 cm³/mol. The maximum Gasteiger partial charge on any atom is 0.318 e. The SMILES string of the molecule is CC(C)[C@@H](NC(=O)N1CCNC(=O)C1)c1ccc(Cl)cc1F. The molecule has 1 aromatic rings. The summed E-state index contributed by atoms with van der Waals surface area (Å²) >= 11 is 5.76. The molecule has 1 aliphatic rings. The van der Waals surface area contributed by atoms with Crippen LogP contribution >= 0.6 is 11.6 Å². The van der Waals surface area contributed by atoms with Gasteiger partial charge in [-0.3, -0.25) is 4.79 Å². The normalized spacial score (nSPS) is 16.4. The fourth-order valence-electron chi connectivity index (χ4n) is 2.39. The molecule has 5 nitrogen and oxygen atoms in total. The molecule has 1 fully saturated rings. The first-order valence-corrected chi connectivity index (χ1v) is 7.53. The van der Waals surface area contributed by atoms with Gasteiger partial charge in [0, 0.05) is 23.7 Å². The molecule has 1 saturated heterocycles. The third-order valence-electron chi connectivity index (χ3n) is 3.57. The van der Waals surface area contributed by atoms with Crippen molar-refractivity contribution in [3.8, 4) is 0 Å². The van der Waals surface area contributed by atoms with Crippen LogP contribution in [0.15, 0.2) is 18.2 Å². The van der Waals surface area contributed by atoms with E-state index in [1.54, 1.807) is 12.1 Å². The summed E-state index contributed by atoms with van der Waals surface area (Å²) in [6, 6.07) is 3.53. The van der Waals surface area contributed by atoms with Crippen LogP contribution in [0, 0.1) is 11.7 Å². The lowest BCUT2D eigenvalue weighted by Gasteiger charge is -2.30. The molecule has 7 heteroatoms. The molecule has 2 rings (SSSR count). The molecule has 0 aliphatic carbocycles. The van der Waals surface area contributed by atoms with Gasteiger partial charge in [0.1, 0.15) is 12.4 Å². The summed E-state index contributed by atoms with van der Waals surface area (Å²) in [5.74, 6) is -0.665. The Kier molecular flexibility index (Phi) is 5.24. The maximum absolute atomic E-state index is 14.1. The minimum Gasteiger partial charge on any atom is -0.353 e. The molecule has 1 aliphatic heterocycles. The van der Waals surface area contributed by atoms with E-state index in [0.29, 0.717) is 23.7 Å². The Hall–Kier alpha value is -1.82. The van der Waals surface area contributed by atoms with Gasteiger partial charge in [0.2, 0.25) is 5.91 Å². The van der Waals surface area contributed by atoms with Crippen molar-refractivity contribution in [3.05, 3.63) is 34.6 Å². The molecule has 120 valence electrons. The van der Waals surface area contributed by atoms with Crippen molar-refractivity contribution in [2.45, 2.75) is 19.9 Å². The Bertz CT molecular complexity index is 580. The number of amides is 3. The number of carbonyl (C=O) groups excluding carboxylic acids is 2. The number of hydrogen-bond donors (Lipinski definition) is 2. The minimum atomic E-state index is -0.491. The molecule has 0 spiro atoms. The van der Waals surface area contributed by atoms with Crippen molar-refractivity contribution in [2.75, 3.05) is 19.6 Å². The van der Waals surface area contributed by atoms with Gasteiger partial charge in [-0.25, -0.2) is 9.18 Å². The third-order valence-corrected chi connectivity index (χ3v) is 3.80. The first-order chi connectivity index (χ1) is 10.4. The molecule has 22 heavy (non-hydrogen) atoms. The number of halogens is 2. The number of nitrogens with zero attached hydrogens (tertiary/aromatic N) is 1. The molecule has 1 heterocycles. The highest BCUT2D eigenvalue weighted by Gasteiger charge is 2.26. The molecule has 0 radical (unpaired) electrons. The average molecular weight is 328 g/mol. The summed E-state index contributed by atoms with van der Waals surface area (Å²) in [6.45, 7) is 4.66. The zero-order valence-corrected chi connectivity index (χ0v) is 13.3. The number of hydrogen-bond acceptors (Lipinski definition) is 2. The van der Waals surface area contributed by atoms with Crippen LogP contribution in [-0.4, -0.2) is 36.5 Å². The largest absolute Gasteiger partial charge is 0.353 e. The first kappa shape index (κ1) is 16.5. The molecule has 0 bridgehead atoms. The van der Waals surface area contributed by atoms with E-state index >= 15 is 0 Å². The van der Waals surface area contributed by atoms with E-state index in [4.69, 9.17) is 11.6 Å². The zero-order valence-electron chi connectivity index (χ0n) is 12.5. The van der Waals surface area contributed by atoms with Crippen LogP contribution in [-0.2, 0) is 4.79 Å². The van der Waals surface area contributed by atoms with Gasteiger partial charge in [0.25, 0.3) is 0 Å². The van der Waals surface area contributed by atoms with Gasteiger partial charge in [-0.1, -0.05) is 31.5 Å². The smallest absolute Gasteiger partial charge is 0.318 e. The number of piperazine rings is 1. The van der Waals surface area contributed by atoms with Gasteiger partial charge in [-0.05, 0) is 18.1 Å². The van der Waals surface area contributed by atoms with Crippen molar-refractivity contribution in [1.82, 2.24) is 15.5 Å². The van der Waals surface area contributed by atoms with Crippen molar-refractivity contribution >= 4 is 23.5 Å². The Labute approximate surface area is 133 Å². The van der Waals surface area contributed by atoms with Crippen molar-refractivity contribution in [1.29, 1.82) is 0 Å². The predicted octanol–water partition coefficient (Wildman–Crippen LogP) is 2.32. The molecule has 0 aromatic heterocycles. The lowest BCUT2D eigenvalue weighted by atomic mass is 9.95. The van der Waals surface area contributed by atoms with Crippen molar-refractivity contribution in [2.24, 2.45) is 5.92 Å². The minimum absolute atomic E-state index is 0.0136. The standard InChI is InChI=1S/C15H19ClFN3O2/c1-9(2)14(11-4-3-10(16)7-12(11)17)19-15(22)20-6-5-18-13(21)8-20/h3-4,7,9,14H,5-6,8H2,1-2H3,(H,18,21)(H,19,22)/t14-/m1/s1. The molecule has 2 N–H and O–H groups in total. The molecule has 0 unspecified atom stereocenters. The number of urea groups is 1. The van der Waals surface area contributed by atoms with Gasteiger partial charge in [-0.2, -0.15) is 0 Å². The number of rotatable bonds is 3. The lowest BCUT2D eigenvalue weighted by Crippen LogP contribution is -2.53. The second kappa shape index (κ2) is 6.96. The van der Waals surface area contributed by atoms with Gasteiger partial charge in [0.15, 0.2) is 0 Å². The summed E-state index contributed by atoms with van der Waals surface area (Å²) in [5, 5.41) is 5.77. The average Bonchev–Trinajstić information content (AvgIpc) is 2.45. The van der Waals surface area contributed by atoms with Crippen LogP contribution in [0.25, 0.3) is 0 Å². The Morgan fingerprint density at radius 3 is 2.77 bits per heavy atom. The van der Waals surface area contributed by atoms with E-state index in [-0.39, 0.29) is 24.4 Å². The van der Waals surface area contributed by atoms with E-state index in [1.165, 1.54) is 11.0 Å². The molecular formula is C15H19ClFN3O2. The molecule has 1 aromatic carbocycles. The first-order valence-electron chi connectivity index (χ1n) is 7.15. The van der Waals surface area contributed by atoms with E-state index < -0.39 is 11.9 Å². The van der Waals surface area contributed by atoms with Crippen LogP contribution in [0.2, 0.25) is 5.02 Å². The van der Waals surface area contributed by atoms with Gasteiger partial charge in [-0.15, -0.1) is 0 Å². The Morgan fingerprint density at radius 1 is 1.45 bits per heavy atom. The highest BCUT2D eigenvalue weighted by Crippen LogP contribution is 2.26. The second-order valence-electron chi connectivity index (χ2n) is 5.61. The summed E-state index contributed by atoms with van der Waals surface area (Å²) < 4.78 is 14.1. The van der Waals surface area contributed by atoms with Crippen LogP contribution in [0.3, 0.4) is 0 Å². The quantitative estimate of drug-likeness (QED) is 0.895. The Morgan fingerprint density at radius 2 is 2.18 bits per heavy atom. The zero-order chi connectivity index (χ0) is 16.3. The summed E-state index contributed by atoms with van der Waals surface area (Å²) in [6.07, 6.45) is 0. The highest BCUT2D eigenvalue weighted by molar-refractivity contribution is 6.30. The van der Waals surface area contributed by atoms with Crippen LogP contribution < -0.4 is 10.6 Å². The summed E-state index contributed by atoms with van der Waals surface area (Å²) in [7, 11) is 0. The number of carbonyl (C=O) groups is 2.